The second-order valence-corrected chi connectivity index (χ2v) is 6.00. The number of rotatable bonds is 8. The third-order valence-electron chi connectivity index (χ3n) is 3.95. The van der Waals surface area contributed by atoms with Crippen molar-refractivity contribution in [2.45, 2.75) is 58.5 Å². The molecule has 1 N–H and O–H groups in total. The second-order valence-electron chi connectivity index (χ2n) is 6.00. The van der Waals surface area contributed by atoms with Gasteiger partial charge in [0.05, 0.1) is 12.0 Å². The van der Waals surface area contributed by atoms with Gasteiger partial charge in [0.2, 0.25) is 0 Å². The van der Waals surface area contributed by atoms with Gasteiger partial charge in [0.25, 0.3) is 0 Å². The molecule has 0 aromatic heterocycles. The van der Waals surface area contributed by atoms with Crippen molar-refractivity contribution in [3.63, 3.8) is 0 Å². The first-order valence-electron chi connectivity index (χ1n) is 7.39. The van der Waals surface area contributed by atoms with Gasteiger partial charge in [-0.15, -0.1) is 0 Å². The zero-order chi connectivity index (χ0) is 14.3. The van der Waals surface area contributed by atoms with Crippen molar-refractivity contribution in [2.24, 2.45) is 17.8 Å². The quantitative estimate of drug-likeness (QED) is 0.689. The summed E-state index contributed by atoms with van der Waals surface area (Å²) < 4.78 is 10.6. The van der Waals surface area contributed by atoms with Gasteiger partial charge in [-0.3, -0.25) is 4.79 Å². The molecular weight excluding hydrogens is 244 g/mol. The summed E-state index contributed by atoms with van der Waals surface area (Å²) in [5, 5.41) is 9.59. The summed E-state index contributed by atoms with van der Waals surface area (Å²) in [5.74, 6) is -0.425. The molecule has 0 unspecified atom stereocenters. The van der Waals surface area contributed by atoms with Crippen LogP contribution in [0.5, 0.6) is 0 Å². The van der Waals surface area contributed by atoms with E-state index in [9.17, 15) is 9.90 Å². The minimum atomic E-state index is -0.714. The van der Waals surface area contributed by atoms with Crippen LogP contribution in [0.15, 0.2) is 0 Å². The largest absolute Gasteiger partial charge is 0.481 e. The molecule has 112 valence electrons. The Hall–Kier alpha value is -0.610. The van der Waals surface area contributed by atoms with Crippen molar-refractivity contribution in [3.8, 4) is 0 Å². The maximum atomic E-state index is 11.7. The van der Waals surface area contributed by atoms with E-state index < -0.39 is 11.9 Å². The van der Waals surface area contributed by atoms with E-state index >= 15 is 0 Å². The summed E-state index contributed by atoms with van der Waals surface area (Å²) in [6.45, 7) is 4.37. The Morgan fingerprint density at radius 2 is 1.89 bits per heavy atom. The zero-order valence-electron chi connectivity index (χ0n) is 12.4. The predicted octanol–water partition coefficient (Wildman–Crippen LogP) is 3.30. The van der Waals surface area contributed by atoms with Gasteiger partial charge in [-0.05, 0) is 31.1 Å². The van der Waals surface area contributed by atoms with Gasteiger partial charge in [-0.25, -0.2) is 0 Å². The molecule has 1 aliphatic rings. The van der Waals surface area contributed by atoms with Gasteiger partial charge in [0, 0.05) is 7.11 Å². The van der Waals surface area contributed by atoms with Crippen LogP contribution in [0, 0.1) is 17.8 Å². The van der Waals surface area contributed by atoms with Crippen molar-refractivity contribution in [1.82, 2.24) is 0 Å². The molecule has 2 atom stereocenters. The zero-order valence-corrected chi connectivity index (χ0v) is 12.4. The normalized spacial score (nSPS) is 20.4. The molecular formula is C15H28O4. The van der Waals surface area contributed by atoms with E-state index in [0.717, 1.165) is 32.1 Å². The van der Waals surface area contributed by atoms with E-state index in [1.54, 1.807) is 7.11 Å². The molecule has 1 aliphatic carbocycles. The van der Waals surface area contributed by atoms with Crippen LogP contribution in [0.2, 0.25) is 0 Å². The van der Waals surface area contributed by atoms with Gasteiger partial charge < -0.3 is 14.6 Å². The van der Waals surface area contributed by atoms with E-state index in [2.05, 4.69) is 13.8 Å². The van der Waals surface area contributed by atoms with E-state index in [1.807, 2.05) is 0 Å². The van der Waals surface area contributed by atoms with Crippen molar-refractivity contribution in [2.75, 3.05) is 13.9 Å². The number of aliphatic carboxylic acids is 1. The van der Waals surface area contributed by atoms with Crippen molar-refractivity contribution in [1.29, 1.82) is 0 Å². The molecule has 0 heterocycles. The highest BCUT2D eigenvalue weighted by molar-refractivity contribution is 5.71. The number of hydrogen-bond acceptors (Lipinski definition) is 3. The highest BCUT2D eigenvalue weighted by atomic mass is 16.7. The molecule has 0 radical (unpaired) electrons. The number of hydrogen-bond donors (Lipinski definition) is 1. The van der Waals surface area contributed by atoms with Crippen molar-refractivity contribution in [3.05, 3.63) is 0 Å². The molecule has 1 fully saturated rings. The molecule has 4 heteroatoms. The van der Waals surface area contributed by atoms with Crippen LogP contribution in [0.25, 0.3) is 0 Å². The predicted molar refractivity (Wildman–Crippen MR) is 73.9 cm³/mol. The van der Waals surface area contributed by atoms with Gasteiger partial charge in [0.15, 0.2) is 0 Å². The fourth-order valence-electron chi connectivity index (χ4n) is 3.10. The molecule has 0 amide bonds. The van der Waals surface area contributed by atoms with Gasteiger partial charge in [0.1, 0.15) is 6.79 Å². The highest BCUT2D eigenvalue weighted by Gasteiger charge is 2.37. The van der Waals surface area contributed by atoms with Crippen LogP contribution >= 0.6 is 0 Å². The molecule has 0 aromatic rings. The lowest BCUT2D eigenvalue weighted by molar-refractivity contribution is -0.159. The summed E-state index contributed by atoms with van der Waals surface area (Å²) in [6, 6.07) is 0. The Morgan fingerprint density at radius 1 is 1.26 bits per heavy atom. The first-order chi connectivity index (χ1) is 9.06. The van der Waals surface area contributed by atoms with Crippen molar-refractivity contribution < 1.29 is 19.4 Å². The van der Waals surface area contributed by atoms with E-state index in [4.69, 9.17) is 9.47 Å². The minimum Gasteiger partial charge on any atom is -0.481 e. The highest BCUT2D eigenvalue weighted by Crippen LogP contribution is 2.34. The second kappa shape index (κ2) is 8.54. The van der Waals surface area contributed by atoms with Gasteiger partial charge in [-0.1, -0.05) is 33.1 Å². The van der Waals surface area contributed by atoms with E-state index in [-0.39, 0.29) is 18.8 Å². The Morgan fingerprint density at radius 3 is 2.37 bits per heavy atom. The summed E-state index contributed by atoms with van der Waals surface area (Å²) in [4.78, 5) is 11.7. The number of carboxylic acid groups (broad SMARTS) is 1. The number of methoxy groups -OCH3 is 1. The topological polar surface area (TPSA) is 55.8 Å². The molecule has 0 spiro atoms. The lowest BCUT2D eigenvalue weighted by atomic mass is 9.76. The molecule has 4 nitrogen and oxygen atoms in total. The maximum absolute atomic E-state index is 11.7. The number of ether oxygens (including phenoxy) is 2. The Labute approximate surface area is 116 Å². The van der Waals surface area contributed by atoms with Crippen LogP contribution in [0.4, 0.5) is 0 Å². The summed E-state index contributed by atoms with van der Waals surface area (Å²) in [5.41, 5.74) is 0. The summed E-state index contributed by atoms with van der Waals surface area (Å²) >= 11 is 0. The average molecular weight is 272 g/mol. The smallest absolute Gasteiger partial charge is 0.309 e. The van der Waals surface area contributed by atoms with E-state index in [1.165, 1.54) is 6.42 Å². The fourth-order valence-corrected chi connectivity index (χ4v) is 3.10. The fraction of sp³-hybridized carbons (Fsp3) is 0.933. The third-order valence-corrected chi connectivity index (χ3v) is 3.95. The standard InChI is InChI=1S/C15H28O4/c1-11(2)9-13(19-10-18-3)14(15(16)17)12-7-5-4-6-8-12/h11-14H,4-10H2,1-3H3,(H,16,17)/t13-,14+/m1/s1. The number of carboxylic acids is 1. The Balaban J connectivity index is 2.74. The van der Waals surface area contributed by atoms with Crippen LogP contribution in [0.3, 0.4) is 0 Å². The number of carbonyl (C=O) groups is 1. The average Bonchev–Trinajstić information content (AvgIpc) is 2.36. The minimum absolute atomic E-state index is 0.174. The van der Waals surface area contributed by atoms with Crippen molar-refractivity contribution >= 4 is 5.97 Å². The van der Waals surface area contributed by atoms with Crippen LogP contribution in [-0.4, -0.2) is 31.1 Å². The van der Waals surface area contributed by atoms with Crippen LogP contribution in [0.1, 0.15) is 52.4 Å². The SMILES string of the molecule is COCO[C@H](CC(C)C)[C@@H](C(=O)O)C1CCCCC1. The first-order valence-corrected chi connectivity index (χ1v) is 7.39. The molecule has 1 saturated carbocycles. The van der Waals surface area contributed by atoms with Crippen LogP contribution in [-0.2, 0) is 14.3 Å². The first kappa shape index (κ1) is 16.4. The summed E-state index contributed by atoms with van der Waals surface area (Å²) in [6.07, 6.45) is 6.10. The van der Waals surface area contributed by atoms with Gasteiger partial charge >= 0.3 is 5.97 Å². The maximum Gasteiger partial charge on any atom is 0.309 e. The molecule has 0 bridgehead atoms. The molecule has 1 rings (SSSR count). The molecule has 0 aliphatic heterocycles. The lowest BCUT2D eigenvalue weighted by Gasteiger charge is -2.33. The molecule has 0 aromatic carbocycles. The molecule has 19 heavy (non-hydrogen) atoms. The summed E-state index contributed by atoms with van der Waals surface area (Å²) in [7, 11) is 1.57. The third kappa shape index (κ3) is 5.49. The monoisotopic (exact) mass is 272 g/mol. The lowest BCUT2D eigenvalue weighted by Crippen LogP contribution is -2.38. The van der Waals surface area contributed by atoms with Crippen LogP contribution < -0.4 is 0 Å². The van der Waals surface area contributed by atoms with Gasteiger partial charge in [-0.2, -0.15) is 0 Å². The molecule has 0 saturated heterocycles. The Bertz CT molecular complexity index is 259. The Kier molecular flexibility index (Phi) is 7.39. The van der Waals surface area contributed by atoms with E-state index in [0.29, 0.717) is 5.92 Å².